The molecule has 0 aromatic carbocycles. The first kappa shape index (κ1) is 12.3. The lowest BCUT2D eigenvalue weighted by Gasteiger charge is -2.32. The molecule has 4 heteroatoms. The number of ether oxygens (including phenoxy) is 2. The molecule has 2 aliphatic rings. The summed E-state index contributed by atoms with van der Waals surface area (Å²) >= 11 is 0. The molecule has 0 aliphatic carbocycles. The lowest BCUT2D eigenvalue weighted by Crippen LogP contribution is -2.43. The topological polar surface area (TPSA) is 33.7 Å². The fraction of sp³-hybridized carbons (Fsp3) is 1.00. The molecular weight excluding hydrogens is 204 g/mol. The van der Waals surface area contributed by atoms with Gasteiger partial charge in [-0.3, -0.25) is 4.90 Å². The number of nitrogens with one attached hydrogen (secondary N) is 1. The van der Waals surface area contributed by atoms with E-state index in [1.165, 1.54) is 19.4 Å². The quantitative estimate of drug-likeness (QED) is 0.735. The molecule has 16 heavy (non-hydrogen) atoms. The predicted molar refractivity (Wildman–Crippen MR) is 63.6 cm³/mol. The number of hydrogen-bond acceptors (Lipinski definition) is 4. The number of likely N-dealkylation sites (tertiary alicyclic amines) is 1. The third-order valence-electron chi connectivity index (χ3n) is 3.86. The van der Waals surface area contributed by atoms with Crippen molar-refractivity contribution < 1.29 is 9.47 Å². The van der Waals surface area contributed by atoms with E-state index in [2.05, 4.69) is 10.2 Å². The molecule has 4 nitrogen and oxygen atoms in total. The van der Waals surface area contributed by atoms with Gasteiger partial charge in [0, 0.05) is 45.3 Å². The van der Waals surface area contributed by atoms with Crippen molar-refractivity contribution >= 4 is 0 Å². The average Bonchev–Trinajstić information content (AvgIpc) is 2.89. The Morgan fingerprint density at radius 1 is 1.56 bits per heavy atom. The first-order chi connectivity index (χ1) is 7.78. The van der Waals surface area contributed by atoms with Crippen LogP contribution < -0.4 is 5.32 Å². The highest BCUT2D eigenvalue weighted by atomic mass is 16.5. The SMILES string of the molecule is CNCC1(CN2CCC(OC)C2)CCOC1. The number of hydrogen-bond donors (Lipinski definition) is 1. The summed E-state index contributed by atoms with van der Waals surface area (Å²) in [6, 6.07) is 0. The monoisotopic (exact) mass is 228 g/mol. The van der Waals surface area contributed by atoms with Crippen LogP contribution in [0.4, 0.5) is 0 Å². The molecule has 0 saturated carbocycles. The van der Waals surface area contributed by atoms with Crippen LogP contribution in [-0.2, 0) is 9.47 Å². The predicted octanol–water partition coefficient (Wildman–Crippen LogP) is 0.333. The maximum Gasteiger partial charge on any atom is 0.0710 e. The van der Waals surface area contributed by atoms with Gasteiger partial charge in [-0.1, -0.05) is 0 Å². The molecule has 2 rings (SSSR count). The van der Waals surface area contributed by atoms with Gasteiger partial charge in [-0.2, -0.15) is 0 Å². The third-order valence-corrected chi connectivity index (χ3v) is 3.86. The van der Waals surface area contributed by atoms with E-state index in [4.69, 9.17) is 9.47 Å². The van der Waals surface area contributed by atoms with Gasteiger partial charge in [-0.05, 0) is 19.9 Å². The zero-order valence-electron chi connectivity index (χ0n) is 10.5. The molecule has 2 atom stereocenters. The minimum absolute atomic E-state index is 0.331. The average molecular weight is 228 g/mol. The maximum absolute atomic E-state index is 5.58. The zero-order chi connectivity index (χ0) is 11.4. The van der Waals surface area contributed by atoms with Crippen LogP contribution >= 0.6 is 0 Å². The fourth-order valence-electron chi connectivity index (χ4n) is 2.95. The summed E-state index contributed by atoms with van der Waals surface area (Å²) in [4.78, 5) is 2.53. The second-order valence-electron chi connectivity index (χ2n) is 5.21. The van der Waals surface area contributed by atoms with E-state index < -0.39 is 0 Å². The summed E-state index contributed by atoms with van der Waals surface area (Å²) in [6.07, 6.45) is 2.79. The van der Waals surface area contributed by atoms with E-state index in [-0.39, 0.29) is 0 Å². The van der Waals surface area contributed by atoms with Gasteiger partial charge < -0.3 is 14.8 Å². The smallest absolute Gasteiger partial charge is 0.0710 e. The molecule has 0 spiro atoms. The van der Waals surface area contributed by atoms with Gasteiger partial charge in [0.1, 0.15) is 0 Å². The maximum atomic E-state index is 5.58. The van der Waals surface area contributed by atoms with Crippen molar-refractivity contribution in [3.05, 3.63) is 0 Å². The molecule has 2 unspecified atom stereocenters. The molecule has 0 radical (unpaired) electrons. The van der Waals surface area contributed by atoms with Crippen molar-refractivity contribution in [3.8, 4) is 0 Å². The van der Waals surface area contributed by atoms with E-state index in [1.54, 1.807) is 0 Å². The number of rotatable bonds is 5. The Bertz CT molecular complexity index is 217. The third kappa shape index (κ3) is 2.74. The first-order valence-corrected chi connectivity index (χ1v) is 6.25. The Labute approximate surface area is 98.3 Å². The molecule has 0 aromatic rings. The lowest BCUT2D eigenvalue weighted by atomic mass is 9.86. The van der Waals surface area contributed by atoms with Crippen LogP contribution in [0.15, 0.2) is 0 Å². The normalized spacial score (nSPS) is 36.0. The van der Waals surface area contributed by atoms with Crippen molar-refractivity contribution in [1.29, 1.82) is 0 Å². The fourth-order valence-corrected chi connectivity index (χ4v) is 2.95. The van der Waals surface area contributed by atoms with Crippen LogP contribution in [0.25, 0.3) is 0 Å². The van der Waals surface area contributed by atoms with Crippen molar-refractivity contribution in [1.82, 2.24) is 10.2 Å². The molecular formula is C12H24N2O2. The van der Waals surface area contributed by atoms with Gasteiger partial charge in [0.25, 0.3) is 0 Å². The van der Waals surface area contributed by atoms with Crippen LogP contribution in [0.3, 0.4) is 0 Å². The summed E-state index contributed by atoms with van der Waals surface area (Å²) in [5.74, 6) is 0. The van der Waals surface area contributed by atoms with Gasteiger partial charge in [0.05, 0.1) is 12.7 Å². The van der Waals surface area contributed by atoms with E-state index in [1.807, 2.05) is 14.2 Å². The number of nitrogens with zero attached hydrogens (tertiary/aromatic N) is 1. The lowest BCUT2D eigenvalue weighted by molar-refractivity contribution is 0.0892. The van der Waals surface area contributed by atoms with Crippen molar-refractivity contribution in [3.63, 3.8) is 0 Å². The Kier molecular flexibility index (Phi) is 4.19. The Balaban J connectivity index is 1.86. The molecule has 2 fully saturated rings. The summed E-state index contributed by atoms with van der Waals surface area (Å²) < 4.78 is 11.0. The van der Waals surface area contributed by atoms with Gasteiger partial charge in [-0.15, -0.1) is 0 Å². The van der Waals surface area contributed by atoms with E-state index in [0.717, 1.165) is 32.8 Å². The zero-order valence-corrected chi connectivity index (χ0v) is 10.5. The van der Waals surface area contributed by atoms with Gasteiger partial charge in [0.2, 0.25) is 0 Å². The van der Waals surface area contributed by atoms with E-state index in [9.17, 15) is 0 Å². The van der Waals surface area contributed by atoms with Gasteiger partial charge in [-0.25, -0.2) is 0 Å². The molecule has 2 heterocycles. The molecule has 1 N–H and O–H groups in total. The van der Waals surface area contributed by atoms with Crippen LogP contribution in [-0.4, -0.2) is 64.6 Å². The minimum Gasteiger partial charge on any atom is -0.381 e. The molecule has 2 aliphatic heterocycles. The summed E-state index contributed by atoms with van der Waals surface area (Å²) in [5.41, 5.74) is 0.331. The number of methoxy groups -OCH3 is 1. The molecule has 0 aromatic heterocycles. The Hall–Kier alpha value is -0.160. The highest BCUT2D eigenvalue weighted by Gasteiger charge is 2.37. The van der Waals surface area contributed by atoms with Crippen LogP contribution in [0.1, 0.15) is 12.8 Å². The molecule has 94 valence electrons. The second-order valence-corrected chi connectivity index (χ2v) is 5.21. The van der Waals surface area contributed by atoms with Gasteiger partial charge in [0.15, 0.2) is 0 Å². The van der Waals surface area contributed by atoms with Crippen LogP contribution in [0, 0.1) is 5.41 Å². The summed E-state index contributed by atoms with van der Waals surface area (Å²) in [5, 5.41) is 3.31. The van der Waals surface area contributed by atoms with E-state index in [0.29, 0.717) is 11.5 Å². The van der Waals surface area contributed by atoms with Crippen LogP contribution in [0.5, 0.6) is 0 Å². The summed E-state index contributed by atoms with van der Waals surface area (Å²) in [6.45, 7) is 6.28. The van der Waals surface area contributed by atoms with Crippen molar-refractivity contribution in [2.45, 2.75) is 18.9 Å². The first-order valence-electron chi connectivity index (χ1n) is 6.25. The van der Waals surface area contributed by atoms with Crippen molar-refractivity contribution in [2.75, 3.05) is 53.6 Å². The van der Waals surface area contributed by atoms with E-state index >= 15 is 0 Å². The molecule has 0 amide bonds. The van der Waals surface area contributed by atoms with Crippen molar-refractivity contribution in [2.24, 2.45) is 5.41 Å². The van der Waals surface area contributed by atoms with Crippen LogP contribution in [0.2, 0.25) is 0 Å². The largest absolute Gasteiger partial charge is 0.381 e. The minimum atomic E-state index is 0.331. The molecule has 2 saturated heterocycles. The Morgan fingerprint density at radius 2 is 2.44 bits per heavy atom. The Morgan fingerprint density at radius 3 is 3.00 bits per heavy atom. The highest BCUT2D eigenvalue weighted by Crippen LogP contribution is 2.30. The summed E-state index contributed by atoms with van der Waals surface area (Å²) in [7, 11) is 3.85. The van der Waals surface area contributed by atoms with Gasteiger partial charge >= 0.3 is 0 Å². The second kappa shape index (κ2) is 5.45. The standard InChI is InChI=1S/C12H24N2O2/c1-13-8-12(4-6-16-10-12)9-14-5-3-11(7-14)15-2/h11,13H,3-10H2,1-2H3. The molecule has 0 bridgehead atoms. The highest BCUT2D eigenvalue weighted by molar-refractivity contribution is 4.90.